The van der Waals surface area contributed by atoms with Gasteiger partial charge in [-0.1, -0.05) is 6.07 Å². The van der Waals surface area contributed by atoms with E-state index in [1.54, 1.807) is 12.5 Å². The molecule has 4 rings (SSSR count). The van der Waals surface area contributed by atoms with E-state index in [9.17, 15) is 13.2 Å². The van der Waals surface area contributed by atoms with Crippen molar-refractivity contribution in [3.63, 3.8) is 0 Å². The number of carboxylic acids is 1. The van der Waals surface area contributed by atoms with Crippen LogP contribution in [0.25, 0.3) is 0 Å². The molecule has 1 aliphatic carbocycles. The molecule has 1 aliphatic heterocycles. The second kappa shape index (κ2) is 9.27. The molecule has 2 aliphatic rings. The van der Waals surface area contributed by atoms with E-state index >= 15 is 0 Å². The van der Waals surface area contributed by atoms with Gasteiger partial charge in [0.15, 0.2) is 0 Å². The Labute approximate surface area is 165 Å². The van der Waals surface area contributed by atoms with Crippen LogP contribution in [0.4, 0.5) is 13.2 Å². The molecule has 0 amide bonds. The minimum absolute atomic E-state index is 0.0899. The van der Waals surface area contributed by atoms with Crippen LogP contribution in [0.2, 0.25) is 0 Å². The Morgan fingerprint density at radius 3 is 2.72 bits per heavy atom. The maximum Gasteiger partial charge on any atom is 0.490 e. The molecule has 2 aromatic rings. The molecule has 1 saturated heterocycles. The molecule has 0 radical (unpaired) electrons. The molecule has 158 valence electrons. The van der Waals surface area contributed by atoms with Gasteiger partial charge in [-0.15, -0.1) is 0 Å². The van der Waals surface area contributed by atoms with E-state index in [1.807, 2.05) is 30.5 Å². The van der Waals surface area contributed by atoms with E-state index in [4.69, 9.17) is 23.8 Å². The van der Waals surface area contributed by atoms with E-state index in [-0.39, 0.29) is 12.2 Å². The lowest BCUT2D eigenvalue weighted by atomic mass is 10.1. The highest BCUT2D eigenvalue weighted by Crippen LogP contribution is 2.33. The van der Waals surface area contributed by atoms with Crippen molar-refractivity contribution >= 4 is 5.97 Å². The number of nitrogens with zero attached hydrogens (tertiary/aromatic N) is 2. The van der Waals surface area contributed by atoms with Gasteiger partial charge in [0.2, 0.25) is 5.88 Å². The van der Waals surface area contributed by atoms with E-state index in [0.29, 0.717) is 11.9 Å². The number of carbonyl (C=O) groups is 1. The molecule has 3 atom stereocenters. The third-order valence-electron chi connectivity index (χ3n) is 4.77. The van der Waals surface area contributed by atoms with Crippen molar-refractivity contribution in [3.8, 4) is 5.88 Å². The summed E-state index contributed by atoms with van der Waals surface area (Å²) in [5.41, 5.74) is 1.22. The van der Waals surface area contributed by atoms with Gasteiger partial charge >= 0.3 is 12.1 Å². The molecule has 7 nitrogen and oxygen atoms in total. The van der Waals surface area contributed by atoms with Crippen LogP contribution in [0.1, 0.15) is 18.4 Å². The molecular weight excluding hydrogens is 393 g/mol. The predicted octanol–water partition coefficient (Wildman–Crippen LogP) is 3.12. The highest BCUT2D eigenvalue weighted by Gasteiger charge is 2.44. The minimum atomic E-state index is -5.08. The first-order valence-electron chi connectivity index (χ1n) is 9.09. The van der Waals surface area contributed by atoms with Crippen LogP contribution in [0.3, 0.4) is 0 Å². The number of hydrogen-bond acceptors (Lipinski definition) is 6. The molecule has 0 spiro atoms. The molecule has 1 saturated carbocycles. The summed E-state index contributed by atoms with van der Waals surface area (Å²) in [6.07, 6.45) is 2.55. The van der Waals surface area contributed by atoms with Gasteiger partial charge in [0.25, 0.3) is 0 Å². The SMILES string of the molecule is O=C(O)C(F)(F)F.c1ccc(O[C@@H]2CC[C@H]3[C@H]2OCCN3Cc2ccoc2)nc1. The van der Waals surface area contributed by atoms with Crippen LogP contribution in [0, 0.1) is 0 Å². The number of aliphatic carboxylic acids is 1. The summed E-state index contributed by atoms with van der Waals surface area (Å²) in [6, 6.07) is 8.19. The van der Waals surface area contributed by atoms with Crippen molar-refractivity contribution in [2.24, 2.45) is 0 Å². The van der Waals surface area contributed by atoms with Gasteiger partial charge in [-0.2, -0.15) is 13.2 Å². The lowest BCUT2D eigenvalue weighted by Crippen LogP contribution is -2.51. The van der Waals surface area contributed by atoms with Crippen molar-refractivity contribution in [2.45, 2.75) is 43.8 Å². The van der Waals surface area contributed by atoms with Crippen molar-refractivity contribution in [1.29, 1.82) is 0 Å². The van der Waals surface area contributed by atoms with Gasteiger partial charge in [0.1, 0.15) is 12.2 Å². The summed E-state index contributed by atoms with van der Waals surface area (Å²) in [5.74, 6) is -2.07. The normalized spacial score (nSPS) is 24.3. The number of aromatic nitrogens is 1. The zero-order chi connectivity index (χ0) is 20.9. The van der Waals surface area contributed by atoms with E-state index in [0.717, 1.165) is 32.5 Å². The number of alkyl halides is 3. The second-order valence-electron chi connectivity index (χ2n) is 6.71. The van der Waals surface area contributed by atoms with Crippen molar-refractivity contribution in [2.75, 3.05) is 13.2 Å². The largest absolute Gasteiger partial charge is 0.490 e. The van der Waals surface area contributed by atoms with Gasteiger partial charge in [-0.05, 0) is 25.0 Å². The maximum absolute atomic E-state index is 10.6. The van der Waals surface area contributed by atoms with Gasteiger partial charge in [-0.3, -0.25) is 4.90 Å². The monoisotopic (exact) mass is 414 g/mol. The fourth-order valence-corrected chi connectivity index (χ4v) is 3.50. The Hall–Kier alpha value is -2.59. The van der Waals surface area contributed by atoms with Crippen LogP contribution in [-0.2, 0) is 16.1 Å². The fraction of sp³-hybridized carbons (Fsp3) is 0.474. The van der Waals surface area contributed by atoms with Crippen LogP contribution < -0.4 is 4.74 Å². The van der Waals surface area contributed by atoms with Gasteiger partial charge < -0.3 is 19.0 Å². The minimum Gasteiger partial charge on any atom is -0.475 e. The van der Waals surface area contributed by atoms with Crippen LogP contribution in [0.5, 0.6) is 5.88 Å². The molecule has 0 aromatic carbocycles. The van der Waals surface area contributed by atoms with Gasteiger partial charge in [-0.25, -0.2) is 9.78 Å². The first kappa shape index (κ1) is 21.1. The third-order valence-corrected chi connectivity index (χ3v) is 4.77. The van der Waals surface area contributed by atoms with Crippen molar-refractivity contribution in [1.82, 2.24) is 9.88 Å². The molecule has 10 heteroatoms. The standard InChI is InChI=1S/C17H20N2O3.C2HF3O2/c1-2-7-18-16(3-1)22-15-5-4-14-17(15)21-10-8-19(14)11-13-6-9-20-12-13;3-2(4,5)1(6)7/h1-3,6-7,9,12,14-15,17H,4-5,8,10-11H2;(H,6,7)/t14-,15+,17+;/m0./s1. The number of rotatable bonds is 4. The first-order chi connectivity index (χ1) is 13.8. The summed E-state index contributed by atoms with van der Waals surface area (Å²) >= 11 is 0. The number of halogens is 3. The Kier molecular flexibility index (Phi) is 6.75. The zero-order valence-electron chi connectivity index (χ0n) is 15.4. The van der Waals surface area contributed by atoms with E-state index < -0.39 is 12.1 Å². The van der Waals surface area contributed by atoms with Crippen LogP contribution >= 0.6 is 0 Å². The quantitative estimate of drug-likeness (QED) is 0.823. The summed E-state index contributed by atoms with van der Waals surface area (Å²) in [6.45, 7) is 2.63. The second-order valence-corrected chi connectivity index (χ2v) is 6.71. The smallest absolute Gasteiger partial charge is 0.475 e. The number of ether oxygens (including phenoxy) is 2. The third kappa shape index (κ3) is 5.70. The molecule has 3 heterocycles. The molecule has 29 heavy (non-hydrogen) atoms. The van der Waals surface area contributed by atoms with Crippen LogP contribution in [-0.4, -0.2) is 58.5 Å². The Balaban J connectivity index is 0.000000298. The Morgan fingerprint density at radius 1 is 1.31 bits per heavy atom. The lowest BCUT2D eigenvalue weighted by molar-refractivity contribution is -0.192. The van der Waals surface area contributed by atoms with Crippen molar-refractivity contribution < 1.29 is 37.0 Å². The van der Waals surface area contributed by atoms with Gasteiger partial charge in [0, 0.05) is 37.0 Å². The number of pyridine rings is 1. The lowest BCUT2D eigenvalue weighted by Gasteiger charge is -2.38. The number of morpholine rings is 1. The number of furan rings is 1. The summed E-state index contributed by atoms with van der Waals surface area (Å²) in [5, 5.41) is 7.12. The fourth-order valence-electron chi connectivity index (χ4n) is 3.50. The molecule has 2 aromatic heterocycles. The average molecular weight is 414 g/mol. The predicted molar refractivity (Wildman–Crippen MR) is 94.2 cm³/mol. The molecule has 0 bridgehead atoms. The first-order valence-corrected chi connectivity index (χ1v) is 9.09. The molecule has 0 unspecified atom stereocenters. The average Bonchev–Trinajstić information content (AvgIpc) is 3.33. The van der Waals surface area contributed by atoms with Crippen LogP contribution in [0.15, 0.2) is 47.4 Å². The maximum atomic E-state index is 10.6. The summed E-state index contributed by atoms with van der Waals surface area (Å²) in [4.78, 5) is 15.6. The molecule has 1 N–H and O–H groups in total. The van der Waals surface area contributed by atoms with Gasteiger partial charge in [0.05, 0.1) is 19.1 Å². The Morgan fingerprint density at radius 2 is 2.10 bits per heavy atom. The van der Waals surface area contributed by atoms with Crippen molar-refractivity contribution in [3.05, 3.63) is 48.6 Å². The number of carboxylic acid groups (broad SMARTS) is 1. The summed E-state index contributed by atoms with van der Waals surface area (Å²) in [7, 11) is 0. The van der Waals surface area contributed by atoms with E-state index in [2.05, 4.69) is 9.88 Å². The number of fused-ring (bicyclic) bond motifs is 1. The summed E-state index contributed by atoms with van der Waals surface area (Å²) < 4.78 is 49.0. The highest BCUT2D eigenvalue weighted by molar-refractivity contribution is 5.73. The Bertz CT molecular complexity index is 770. The number of hydrogen-bond donors (Lipinski definition) is 1. The topological polar surface area (TPSA) is 85.0 Å². The zero-order valence-corrected chi connectivity index (χ0v) is 15.4. The molecule has 2 fully saturated rings. The van der Waals surface area contributed by atoms with E-state index in [1.165, 1.54) is 5.56 Å². The molecular formula is C19H21F3N2O5. The highest BCUT2D eigenvalue weighted by atomic mass is 19.4.